The smallest absolute Gasteiger partial charge is 0.312 e. The van der Waals surface area contributed by atoms with Crippen molar-refractivity contribution in [3.63, 3.8) is 0 Å². The number of carbonyl (C=O) groups excluding carboxylic acids is 1. The molecule has 4 aliphatic carbocycles. The molecule has 0 heterocycles. The molecule has 0 aromatic heterocycles. The Hall–Kier alpha value is -1.06. The van der Waals surface area contributed by atoms with Gasteiger partial charge in [0.1, 0.15) is 6.10 Å². The third kappa shape index (κ3) is 4.70. The van der Waals surface area contributed by atoms with E-state index in [0.29, 0.717) is 35.0 Å². The first kappa shape index (κ1) is 27.0. The summed E-state index contributed by atoms with van der Waals surface area (Å²) in [6.07, 6.45) is 14.1. The van der Waals surface area contributed by atoms with Crippen LogP contribution in [-0.4, -0.2) is 23.1 Å². The summed E-state index contributed by atoms with van der Waals surface area (Å²) in [5.74, 6) is 3.68. The second-order valence-electron chi connectivity index (χ2n) is 13.9. The number of esters is 1. The second kappa shape index (κ2) is 10.0. The first-order valence-electron chi connectivity index (χ1n) is 14.9. The summed E-state index contributed by atoms with van der Waals surface area (Å²) in [7, 11) is 0. The van der Waals surface area contributed by atoms with Crippen molar-refractivity contribution in [1.82, 2.24) is 0 Å². The van der Waals surface area contributed by atoms with E-state index in [1.54, 1.807) is 0 Å². The number of hydrogen-bond donors (Lipinski definition) is 1. The molecular formula is C31H52O4. The fraction of sp³-hybridized carbons (Fsp3) is 0.935. The highest BCUT2D eigenvalue weighted by molar-refractivity contribution is 5.76. The molecule has 4 aliphatic rings. The van der Waals surface area contributed by atoms with Crippen molar-refractivity contribution in [2.45, 2.75) is 131 Å². The van der Waals surface area contributed by atoms with E-state index in [1.165, 1.54) is 44.9 Å². The molecule has 0 aromatic rings. The summed E-state index contributed by atoms with van der Waals surface area (Å²) in [6, 6.07) is 0. The minimum Gasteiger partial charge on any atom is -0.481 e. The molecule has 4 heteroatoms. The number of ether oxygens (including phenoxy) is 1. The van der Waals surface area contributed by atoms with Crippen LogP contribution in [0.3, 0.4) is 0 Å². The number of carboxylic acid groups (broad SMARTS) is 1. The molecule has 4 fully saturated rings. The van der Waals surface area contributed by atoms with Gasteiger partial charge in [0.15, 0.2) is 0 Å². The monoisotopic (exact) mass is 488 g/mol. The molecule has 4 nitrogen and oxygen atoms in total. The molecule has 1 N–H and O–H groups in total. The molecule has 0 spiro atoms. The molecule has 200 valence electrons. The van der Waals surface area contributed by atoms with Crippen LogP contribution in [0.15, 0.2) is 0 Å². The largest absolute Gasteiger partial charge is 0.481 e. The predicted octanol–water partition coefficient (Wildman–Crippen LogP) is 7.88. The number of rotatable bonds is 8. The highest BCUT2D eigenvalue weighted by atomic mass is 16.5. The Labute approximate surface area is 214 Å². The van der Waals surface area contributed by atoms with E-state index in [9.17, 15) is 14.7 Å². The molecule has 0 bridgehead atoms. The maximum absolute atomic E-state index is 12.9. The van der Waals surface area contributed by atoms with Crippen LogP contribution in [0.25, 0.3) is 0 Å². The van der Waals surface area contributed by atoms with Crippen LogP contribution < -0.4 is 0 Å². The number of aliphatic carboxylic acids is 1. The molecule has 0 aliphatic heterocycles. The fourth-order valence-electron chi connectivity index (χ4n) is 9.69. The summed E-state index contributed by atoms with van der Waals surface area (Å²) in [4.78, 5) is 24.1. The lowest BCUT2D eigenvalue weighted by molar-refractivity contribution is -0.172. The van der Waals surface area contributed by atoms with Gasteiger partial charge in [-0.1, -0.05) is 34.6 Å². The minimum atomic E-state index is -0.651. The van der Waals surface area contributed by atoms with Crippen molar-refractivity contribution >= 4 is 11.9 Å². The first-order valence-corrected chi connectivity index (χ1v) is 14.9. The van der Waals surface area contributed by atoms with Gasteiger partial charge in [0, 0.05) is 6.42 Å². The molecule has 0 aromatic carbocycles. The van der Waals surface area contributed by atoms with Crippen LogP contribution in [0.1, 0.15) is 125 Å². The first-order chi connectivity index (χ1) is 16.5. The minimum absolute atomic E-state index is 0.0206. The SMILES string of the molecule is CCC(C)(CC)C(=O)OC1CCC2(C)C(CCC3C2CCC2(C)C(C(C)CCC(=O)O)CCC32)C1. The lowest BCUT2D eigenvalue weighted by Crippen LogP contribution is -2.54. The highest BCUT2D eigenvalue weighted by Gasteiger charge is 2.60. The van der Waals surface area contributed by atoms with Crippen molar-refractivity contribution in [3.05, 3.63) is 0 Å². The van der Waals surface area contributed by atoms with Gasteiger partial charge in [-0.15, -0.1) is 0 Å². The van der Waals surface area contributed by atoms with E-state index in [1.807, 2.05) is 0 Å². The zero-order valence-electron chi connectivity index (χ0n) is 23.4. The van der Waals surface area contributed by atoms with E-state index in [4.69, 9.17) is 4.74 Å². The van der Waals surface area contributed by atoms with Crippen molar-refractivity contribution in [1.29, 1.82) is 0 Å². The van der Waals surface area contributed by atoms with Crippen LogP contribution in [0, 0.1) is 51.8 Å². The Kier molecular flexibility index (Phi) is 7.72. The van der Waals surface area contributed by atoms with E-state index in [2.05, 4.69) is 41.5 Å². The normalized spacial score (nSPS) is 41.9. The molecule has 0 saturated heterocycles. The Morgan fingerprint density at radius 2 is 1.63 bits per heavy atom. The van der Waals surface area contributed by atoms with Gasteiger partial charge < -0.3 is 9.84 Å². The standard InChI is InChI=1S/C31H52O4/c1-7-29(4,8-2)28(34)35-22-15-17-30(5)21(19-22)10-11-23-25-13-12-24(20(3)9-14-27(32)33)31(25,6)18-16-26(23)30/h20-26H,7-19H2,1-6H3,(H,32,33). The van der Waals surface area contributed by atoms with Gasteiger partial charge in [0.25, 0.3) is 0 Å². The average Bonchev–Trinajstić information content (AvgIpc) is 3.19. The van der Waals surface area contributed by atoms with Gasteiger partial charge in [-0.05, 0) is 130 Å². The quantitative estimate of drug-likeness (QED) is 0.353. The Bertz CT molecular complexity index is 787. The maximum Gasteiger partial charge on any atom is 0.312 e. The van der Waals surface area contributed by atoms with Crippen molar-refractivity contribution in [2.75, 3.05) is 0 Å². The lowest BCUT2D eigenvalue weighted by Gasteiger charge is -2.61. The summed E-state index contributed by atoms with van der Waals surface area (Å²) < 4.78 is 6.15. The van der Waals surface area contributed by atoms with Crippen LogP contribution in [-0.2, 0) is 14.3 Å². The Balaban J connectivity index is 1.42. The van der Waals surface area contributed by atoms with Gasteiger partial charge in [0.05, 0.1) is 5.41 Å². The predicted molar refractivity (Wildman–Crippen MR) is 140 cm³/mol. The highest BCUT2D eigenvalue weighted by Crippen LogP contribution is 2.68. The van der Waals surface area contributed by atoms with E-state index in [-0.39, 0.29) is 17.5 Å². The fourth-order valence-corrected chi connectivity index (χ4v) is 9.69. The summed E-state index contributed by atoms with van der Waals surface area (Å²) in [6.45, 7) is 13.7. The third-order valence-corrected chi connectivity index (χ3v) is 12.5. The lowest BCUT2D eigenvalue weighted by atomic mass is 9.44. The van der Waals surface area contributed by atoms with Crippen LogP contribution in [0.5, 0.6) is 0 Å². The molecule has 9 atom stereocenters. The summed E-state index contributed by atoms with van der Waals surface area (Å²) >= 11 is 0. The van der Waals surface area contributed by atoms with Gasteiger partial charge in [-0.25, -0.2) is 0 Å². The van der Waals surface area contributed by atoms with Gasteiger partial charge in [0.2, 0.25) is 0 Å². The molecule has 4 rings (SSSR count). The summed E-state index contributed by atoms with van der Waals surface area (Å²) in [5.41, 5.74) is 0.436. The molecule has 9 unspecified atom stereocenters. The van der Waals surface area contributed by atoms with Crippen LogP contribution >= 0.6 is 0 Å². The Morgan fingerprint density at radius 1 is 0.971 bits per heavy atom. The number of carboxylic acids is 1. The number of hydrogen-bond acceptors (Lipinski definition) is 3. The molecule has 0 amide bonds. The van der Waals surface area contributed by atoms with E-state index >= 15 is 0 Å². The van der Waals surface area contributed by atoms with Crippen molar-refractivity contribution in [3.8, 4) is 0 Å². The van der Waals surface area contributed by atoms with Gasteiger partial charge in [-0.2, -0.15) is 0 Å². The molecule has 35 heavy (non-hydrogen) atoms. The zero-order chi connectivity index (χ0) is 25.6. The Morgan fingerprint density at radius 3 is 2.29 bits per heavy atom. The van der Waals surface area contributed by atoms with E-state index < -0.39 is 5.97 Å². The average molecular weight is 489 g/mol. The summed E-state index contributed by atoms with van der Waals surface area (Å²) in [5, 5.41) is 9.20. The van der Waals surface area contributed by atoms with Crippen LogP contribution in [0.4, 0.5) is 0 Å². The topological polar surface area (TPSA) is 63.6 Å². The second-order valence-corrected chi connectivity index (χ2v) is 13.9. The maximum atomic E-state index is 12.9. The van der Waals surface area contributed by atoms with E-state index in [0.717, 1.165) is 49.9 Å². The molecule has 4 saturated carbocycles. The van der Waals surface area contributed by atoms with Gasteiger partial charge >= 0.3 is 11.9 Å². The molecular weight excluding hydrogens is 436 g/mol. The van der Waals surface area contributed by atoms with Crippen LogP contribution in [0.2, 0.25) is 0 Å². The third-order valence-electron chi connectivity index (χ3n) is 12.5. The number of fused-ring (bicyclic) bond motifs is 5. The van der Waals surface area contributed by atoms with Crippen molar-refractivity contribution in [2.24, 2.45) is 51.8 Å². The molecule has 0 radical (unpaired) electrons. The van der Waals surface area contributed by atoms with Crippen molar-refractivity contribution < 1.29 is 19.4 Å². The number of carbonyl (C=O) groups is 2. The van der Waals surface area contributed by atoms with Gasteiger partial charge in [-0.3, -0.25) is 9.59 Å². The zero-order valence-corrected chi connectivity index (χ0v) is 23.4.